The quantitative estimate of drug-likeness (QED) is 0.188. The maximum Gasteiger partial charge on any atom is 0.264 e. The van der Waals surface area contributed by atoms with Gasteiger partial charge in [-0.1, -0.05) is 32.8 Å². The lowest BCUT2D eigenvalue weighted by atomic mass is 9.90. The van der Waals surface area contributed by atoms with Gasteiger partial charge in [0.25, 0.3) is 11.8 Å². The summed E-state index contributed by atoms with van der Waals surface area (Å²) in [5.74, 6) is 0.235. The van der Waals surface area contributed by atoms with Gasteiger partial charge in [0.15, 0.2) is 0 Å². The smallest absolute Gasteiger partial charge is 0.264 e. The maximum atomic E-state index is 14.5. The van der Waals surface area contributed by atoms with Crippen molar-refractivity contribution in [3.63, 3.8) is 0 Å². The normalized spacial score (nSPS) is 15.6. The van der Waals surface area contributed by atoms with Crippen LogP contribution in [0.2, 0.25) is 0 Å². The first kappa shape index (κ1) is 36.4. The Kier molecular flexibility index (Phi) is 10.2. The predicted octanol–water partition coefficient (Wildman–Crippen LogP) is 7.95. The Hall–Kier alpha value is -4.38. The summed E-state index contributed by atoms with van der Waals surface area (Å²) < 4.78 is 37.6. The number of hydrogen-bond donors (Lipinski definition) is 1. The van der Waals surface area contributed by atoms with Crippen molar-refractivity contribution in [2.75, 3.05) is 20.2 Å². The summed E-state index contributed by atoms with van der Waals surface area (Å²) in [7, 11) is -2.18. The highest BCUT2D eigenvalue weighted by molar-refractivity contribution is 7.90. The first-order chi connectivity index (χ1) is 24.3. The number of benzene rings is 2. The van der Waals surface area contributed by atoms with Gasteiger partial charge < -0.3 is 14.2 Å². The molecule has 4 heterocycles. The van der Waals surface area contributed by atoms with Crippen molar-refractivity contribution in [2.24, 2.45) is 0 Å². The maximum absolute atomic E-state index is 14.5. The predicted molar refractivity (Wildman–Crippen MR) is 204 cm³/mol. The van der Waals surface area contributed by atoms with Crippen LogP contribution in [0.3, 0.4) is 0 Å². The molecule has 0 spiro atoms. The topological polar surface area (TPSA) is 116 Å². The number of aryl methyl sites for hydroxylation is 1. The molecular weight excluding hydrogens is 663 g/mol. The molecule has 1 atom stereocenters. The number of nitrogens with zero attached hydrogens (tertiary/aromatic N) is 4. The molecule has 1 N–H and O–H groups in total. The Morgan fingerprint density at radius 3 is 2.29 bits per heavy atom. The van der Waals surface area contributed by atoms with Crippen LogP contribution in [0.5, 0.6) is 5.75 Å². The highest BCUT2D eigenvalue weighted by atomic mass is 32.2. The van der Waals surface area contributed by atoms with Crippen molar-refractivity contribution < 1.29 is 22.7 Å². The monoisotopic (exact) mass is 713 g/mol. The van der Waals surface area contributed by atoms with Crippen molar-refractivity contribution in [3.05, 3.63) is 70.0 Å². The van der Waals surface area contributed by atoms with Gasteiger partial charge >= 0.3 is 0 Å². The van der Waals surface area contributed by atoms with E-state index in [-0.39, 0.29) is 23.4 Å². The Labute approximate surface area is 301 Å². The van der Waals surface area contributed by atoms with Gasteiger partial charge in [-0.15, -0.1) is 0 Å². The van der Waals surface area contributed by atoms with Crippen LogP contribution in [0.15, 0.2) is 36.4 Å². The first-order valence-electron chi connectivity index (χ1n) is 18.3. The molecule has 2 aliphatic heterocycles. The third kappa shape index (κ3) is 6.72. The minimum atomic E-state index is -3.83. The van der Waals surface area contributed by atoms with E-state index in [4.69, 9.17) is 9.84 Å². The molecule has 1 saturated heterocycles. The average molecular weight is 714 g/mol. The molecule has 0 aliphatic carbocycles. The molecule has 2 aromatic carbocycles. The van der Waals surface area contributed by atoms with Crippen LogP contribution in [0, 0.1) is 6.92 Å². The van der Waals surface area contributed by atoms with E-state index in [0.717, 1.165) is 95.5 Å². The number of methoxy groups -OCH3 is 1. The molecule has 2 aromatic heterocycles. The second-order valence-electron chi connectivity index (χ2n) is 14.6. The van der Waals surface area contributed by atoms with Crippen molar-refractivity contribution in [2.45, 2.75) is 104 Å². The van der Waals surface area contributed by atoms with E-state index in [1.54, 1.807) is 33.1 Å². The van der Waals surface area contributed by atoms with Gasteiger partial charge in [0.05, 0.1) is 41.5 Å². The molecule has 4 aromatic rings. The third-order valence-electron chi connectivity index (χ3n) is 10.5. The highest BCUT2D eigenvalue weighted by Crippen LogP contribution is 2.46. The van der Waals surface area contributed by atoms with Crippen molar-refractivity contribution in [1.82, 2.24) is 24.0 Å². The Morgan fingerprint density at radius 2 is 1.67 bits per heavy atom. The number of amides is 2. The Balaban J connectivity index is 1.63. The van der Waals surface area contributed by atoms with E-state index in [1.165, 1.54) is 0 Å². The summed E-state index contributed by atoms with van der Waals surface area (Å²) in [5.41, 5.74) is 8.27. The van der Waals surface area contributed by atoms with E-state index >= 15 is 0 Å². The largest absolute Gasteiger partial charge is 0.497 e. The van der Waals surface area contributed by atoms with Crippen LogP contribution in [-0.4, -0.2) is 64.9 Å². The minimum Gasteiger partial charge on any atom is -0.497 e. The first-order valence-corrected chi connectivity index (χ1v) is 19.8. The summed E-state index contributed by atoms with van der Waals surface area (Å²) in [6.07, 6.45) is 7.27. The number of hydrogen-bond acceptors (Lipinski definition) is 6. The molecule has 2 aliphatic rings. The molecule has 0 bridgehead atoms. The lowest BCUT2D eigenvalue weighted by Gasteiger charge is -2.22. The van der Waals surface area contributed by atoms with Gasteiger partial charge in [-0.2, -0.15) is 5.10 Å². The number of aromatic nitrogens is 3. The van der Waals surface area contributed by atoms with Crippen molar-refractivity contribution >= 4 is 44.4 Å². The lowest BCUT2D eigenvalue weighted by Crippen LogP contribution is -2.35. The summed E-state index contributed by atoms with van der Waals surface area (Å²) in [5, 5.41) is 5.22. The molecule has 51 heavy (non-hydrogen) atoms. The van der Waals surface area contributed by atoms with Crippen LogP contribution >= 0.6 is 0 Å². The second kappa shape index (κ2) is 14.3. The number of nitrogens with one attached hydrogen (secondary N) is 1. The molecule has 11 heteroatoms. The number of rotatable bonds is 9. The highest BCUT2D eigenvalue weighted by Gasteiger charge is 2.33. The third-order valence-corrected chi connectivity index (χ3v) is 12.2. The zero-order valence-corrected chi connectivity index (χ0v) is 32.0. The van der Waals surface area contributed by atoms with Crippen LogP contribution in [-0.2, 0) is 16.6 Å². The van der Waals surface area contributed by atoms with Gasteiger partial charge in [0, 0.05) is 41.2 Å². The fraction of sp³-hybridized carbons (Fsp3) is 0.475. The number of likely N-dealkylation sites (tertiary alicyclic amines) is 1. The number of carbonyl (C=O) groups is 2. The molecule has 2 amide bonds. The second-order valence-corrected chi connectivity index (χ2v) is 16.8. The standard InChI is InChI=1S/C40H51N5O5S/c1-9-26(6)35-33-16-14-28(39(46)42-51(48,49)25(4)5)22-34(33)44-23-30(20-29-21-31(50-8)15-17-32(29)38(35)44)37-36(27(7)41-45(37)24(2)3)40(47)43-18-12-10-11-13-19-43/h14-17,20-22,24-26H,9-13,18-19,23H2,1-8H3,(H,42,46). The fourth-order valence-corrected chi connectivity index (χ4v) is 8.06. The van der Waals surface area contributed by atoms with E-state index in [0.29, 0.717) is 17.8 Å². The zero-order valence-electron chi connectivity index (χ0n) is 31.2. The van der Waals surface area contributed by atoms with Crippen molar-refractivity contribution in [1.29, 1.82) is 0 Å². The molecular formula is C40H51N5O5S. The van der Waals surface area contributed by atoms with Gasteiger partial charge in [0.2, 0.25) is 10.0 Å². The molecule has 0 saturated carbocycles. The van der Waals surface area contributed by atoms with Crippen LogP contribution in [0.25, 0.3) is 33.8 Å². The number of sulfonamides is 1. The van der Waals surface area contributed by atoms with E-state index in [9.17, 15) is 18.0 Å². The molecule has 6 rings (SSSR count). The Bertz CT molecular complexity index is 2130. The molecule has 1 fully saturated rings. The van der Waals surface area contributed by atoms with Crippen LogP contribution in [0.4, 0.5) is 0 Å². The summed E-state index contributed by atoms with van der Waals surface area (Å²) in [6.45, 7) is 15.4. The summed E-state index contributed by atoms with van der Waals surface area (Å²) in [6, 6.07) is 11.5. The summed E-state index contributed by atoms with van der Waals surface area (Å²) >= 11 is 0. The van der Waals surface area contributed by atoms with E-state index in [1.807, 2.05) is 34.7 Å². The van der Waals surface area contributed by atoms with Crippen LogP contribution in [0.1, 0.15) is 129 Å². The molecule has 10 nitrogen and oxygen atoms in total. The van der Waals surface area contributed by atoms with Crippen LogP contribution < -0.4 is 9.46 Å². The molecule has 272 valence electrons. The van der Waals surface area contributed by atoms with Crippen molar-refractivity contribution in [3.8, 4) is 17.0 Å². The summed E-state index contributed by atoms with van der Waals surface area (Å²) in [4.78, 5) is 29.9. The number of carbonyl (C=O) groups excluding carboxylic acids is 2. The van der Waals surface area contributed by atoms with E-state index < -0.39 is 21.2 Å². The molecule has 0 radical (unpaired) electrons. The number of ether oxygens (including phenoxy) is 1. The average Bonchev–Trinajstić information content (AvgIpc) is 3.37. The lowest BCUT2D eigenvalue weighted by molar-refractivity contribution is 0.0760. The molecule has 1 unspecified atom stereocenters. The Morgan fingerprint density at radius 1 is 0.961 bits per heavy atom. The van der Waals surface area contributed by atoms with Gasteiger partial charge in [-0.25, -0.2) is 13.1 Å². The number of allylic oxidation sites excluding steroid dienone is 1. The zero-order chi connectivity index (χ0) is 36.8. The number of fused-ring (bicyclic) bond motifs is 5. The van der Waals surface area contributed by atoms with Gasteiger partial charge in [-0.05, 0) is 113 Å². The minimum absolute atomic E-state index is 0.00973. The van der Waals surface area contributed by atoms with E-state index in [2.05, 4.69) is 49.1 Å². The SMILES string of the molecule is CCC(C)c1c2n(c3cc(C(=O)NS(=O)(=O)C(C)C)ccc13)CC(c1c(C(=O)N3CCCCCC3)c(C)nn1C(C)C)=Cc1cc(OC)ccc1-2. The van der Waals surface area contributed by atoms with Gasteiger partial charge in [-0.3, -0.25) is 14.3 Å². The van der Waals surface area contributed by atoms with Gasteiger partial charge in [0.1, 0.15) is 5.75 Å². The fourth-order valence-electron chi connectivity index (χ4n) is 7.45.